The van der Waals surface area contributed by atoms with Gasteiger partial charge in [-0.2, -0.15) is 0 Å². The molecule has 0 saturated carbocycles. The SMILES string of the molecule is CC(C)C(CBr)CN(C)c1cccc(F)c1. The third-order valence-corrected chi connectivity index (χ3v) is 3.73. The van der Waals surface area contributed by atoms with Crippen LogP contribution in [0.1, 0.15) is 13.8 Å². The van der Waals surface area contributed by atoms with Gasteiger partial charge in [-0.25, -0.2) is 4.39 Å². The quantitative estimate of drug-likeness (QED) is 0.742. The van der Waals surface area contributed by atoms with E-state index in [2.05, 4.69) is 34.7 Å². The number of anilines is 1. The summed E-state index contributed by atoms with van der Waals surface area (Å²) in [5, 5.41) is 0.977. The highest BCUT2D eigenvalue weighted by Crippen LogP contribution is 2.20. The van der Waals surface area contributed by atoms with Crippen LogP contribution in [0.25, 0.3) is 0 Å². The van der Waals surface area contributed by atoms with Gasteiger partial charge in [0.15, 0.2) is 0 Å². The van der Waals surface area contributed by atoms with Gasteiger partial charge in [-0.3, -0.25) is 0 Å². The molecule has 3 heteroatoms. The summed E-state index contributed by atoms with van der Waals surface area (Å²) in [4.78, 5) is 2.11. The molecule has 1 unspecified atom stereocenters. The van der Waals surface area contributed by atoms with Crippen molar-refractivity contribution in [2.24, 2.45) is 11.8 Å². The topological polar surface area (TPSA) is 3.24 Å². The highest BCUT2D eigenvalue weighted by atomic mass is 79.9. The van der Waals surface area contributed by atoms with Gasteiger partial charge in [-0.1, -0.05) is 35.8 Å². The minimum atomic E-state index is -0.177. The largest absolute Gasteiger partial charge is 0.374 e. The molecule has 1 nitrogen and oxygen atoms in total. The smallest absolute Gasteiger partial charge is 0.125 e. The first-order valence-electron chi connectivity index (χ1n) is 5.57. The van der Waals surface area contributed by atoms with Gasteiger partial charge in [0.1, 0.15) is 5.82 Å². The predicted molar refractivity (Wildman–Crippen MR) is 71.8 cm³/mol. The molecule has 0 N–H and O–H groups in total. The van der Waals surface area contributed by atoms with Crippen LogP contribution >= 0.6 is 15.9 Å². The molecule has 0 aliphatic carbocycles. The third-order valence-electron chi connectivity index (χ3n) is 2.90. The fourth-order valence-corrected chi connectivity index (χ4v) is 2.56. The van der Waals surface area contributed by atoms with Gasteiger partial charge in [0.05, 0.1) is 0 Å². The van der Waals surface area contributed by atoms with Crippen LogP contribution in [0.2, 0.25) is 0 Å². The Kier molecular flexibility index (Phi) is 5.26. The summed E-state index contributed by atoms with van der Waals surface area (Å²) in [7, 11) is 2.01. The summed E-state index contributed by atoms with van der Waals surface area (Å²) in [6.45, 7) is 5.36. The maximum atomic E-state index is 13.1. The molecule has 16 heavy (non-hydrogen) atoms. The zero-order chi connectivity index (χ0) is 12.1. The van der Waals surface area contributed by atoms with Gasteiger partial charge in [0.25, 0.3) is 0 Å². The van der Waals surface area contributed by atoms with Crippen molar-refractivity contribution in [2.75, 3.05) is 23.8 Å². The molecule has 90 valence electrons. The minimum absolute atomic E-state index is 0.177. The predicted octanol–water partition coefficient (Wildman–Crippen LogP) is 3.93. The summed E-state index contributed by atoms with van der Waals surface area (Å²) in [5.74, 6) is 1.02. The van der Waals surface area contributed by atoms with Crippen molar-refractivity contribution in [3.8, 4) is 0 Å². The maximum absolute atomic E-state index is 13.1. The van der Waals surface area contributed by atoms with Crippen LogP contribution in [0.3, 0.4) is 0 Å². The normalized spacial score (nSPS) is 12.9. The van der Waals surface area contributed by atoms with E-state index in [1.165, 1.54) is 6.07 Å². The van der Waals surface area contributed by atoms with Crippen LogP contribution in [0.15, 0.2) is 24.3 Å². The maximum Gasteiger partial charge on any atom is 0.125 e. The Hall–Kier alpha value is -0.570. The van der Waals surface area contributed by atoms with Crippen molar-refractivity contribution in [2.45, 2.75) is 13.8 Å². The average molecular weight is 288 g/mol. The van der Waals surface area contributed by atoms with Crippen LogP contribution in [0, 0.1) is 17.7 Å². The fourth-order valence-electron chi connectivity index (χ4n) is 1.61. The van der Waals surface area contributed by atoms with Crippen LogP contribution in [0.5, 0.6) is 0 Å². The summed E-state index contributed by atoms with van der Waals surface area (Å²) < 4.78 is 13.1. The lowest BCUT2D eigenvalue weighted by atomic mass is 9.97. The van der Waals surface area contributed by atoms with E-state index in [9.17, 15) is 4.39 Å². The number of hydrogen-bond acceptors (Lipinski definition) is 1. The first-order valence-corrected chi connectivity index (χ1v) is 6.69. The average Bonchev–Trinajstić information content (AvgIpc) is 2.25. The molecule has 0 radical (unpaired) electrons. The van der Waals surface area contributed by atoms with Crippen LogP contribution in [0.4, 0.5) is 10.1 Å². The first-order chi connectivity index (χ1) is 7.54. The molecule has 0 spiro atoms. The van der Waals surface area contributed by atoms with E-state index in [-0.39, 0.29) is 5.82 Å². The zero-order valence-electron chi connectivity index (χ0n) is 10.1. The molecular formula is C13H19BrFN. The van der Waals surface area contributed by atoms with Crippen molar-refractivity contribution in [3.63, 3.8) is 0 Å². The Labute approximate surface area is 106 Å². The molecule has 1 rings (SSSR count). The summed E-state index contributed by atoms with van der Waals surface area (Å²) in [6, 6.07) is 6.74. The number of benzene rings is 1. The van der Waals surface area contributed by atoms with E-state index in [1.807, 2.05) is 13.1 Å². The van der Waals surface area contributed by atoms with E-state index in [1.54, 1.807) is 12.1 Å². The molecule has 1 aromatic carbocycles. The van der Waals surface area contributed by atoms with E-state index in [0.29, 0.717) is 11.8 Å². The molecule has 0 fully saturated rings. The molecule has 0 amide bonds. The Morgan fingerprint density at radius 3 is 2.56 bits per heavy atom. The van der Waals surface area contributed by atoms with E-state index in [0.717, 1.165) is 17.6 Å². The second kappa shape index (κ2) is 6.24. The van der Waals surface area contributed by atoms with Crippen LogP contribution < -0.4 is 4.90 Å². The molecule has 1 aromatic rings. The Morgan fingerprint density at radius 1 is 1.38 bits per heavy atom. The van der Waals surface area contributed by atoms with Crippen molar-refractivity contribution in [1.29, 1.82) is 0 Å². The van der Waals surface area contributed by atoms with Gasteiger partial charge in [0, 0.05) is 24.6 Å². The molecule has 0 aliphatic rings. The lowest BCUT2D eigenvalue weighted by Gasteiger charge is -2.27. The summed E-state index contributed by atoms with van der Waals surface area (Å²) in [5.41, 5.74) is 0.937. The van der Waals surface area contributed by atoms with Crippen molar-refractivity contribution in [3.05, 3.63) is 30.1 Å². The van der Waals surface area contributed by atoms with Crippen molar-refractivity contribution >= 4 is 21.6 Å². The molecule has 0 aromatic heterocycles. The summed E-state index contributed by atoms with van der Waals surface area (Å²) >= 11 is 3.53. The molecule has 0 heterocycles. The number of alkyl halides is 1. The standard InChI is InChI=1S/C13H19BrFN/c1-10(2)11(8-14)9-16(3)13-6-4-5-12(15)7-13/h4-7,10-11H,8-9H2,1-3H3. The Bertz CT molecular complexity index is 327. The second-order valence-corrected chi connectivity index (χ2v) is 5.17. The second-order valence-electron chi connectivity index (χ2n) is 4.52. The minimum Gasteiger partial charge on any atom is -0.374 e. The lowest BCUT2D eigenvalue weighted by molar-refractivity contribution is 0.432. The van der Waals surface area contributed by atoms with Crippen molar-refractivity contribution in [1.82, 2.24) is 0 Å². The molecule has 0 saturated heterocycles. The third kappa shape index (κ3) is 3.78. The van der Waals surface area contributed by atoms with Gasteiger partial charge in [-0.05, 0) is 30.0 Å². The zero-order valence-corrected chi connectivity index (χ0v) is 11.7. The number of hydrogen-bond donors (Lipinski definition) is 0. The van der Waals surface area contributed by atoms with E-state index < -0.39 is 0 Å². The number of halogens is 2. The van der Waals surface area contributed by atoms with Gasteiger partial charge in [0.2, 0.25) is 0 Å². The first kappa shape index (κ1) is 13.5. The molecule has 1 atom stereocenters. The van der Waals surface area contributed by atoms with E-state index >= 15 is 0 Å². The van der Waals surface area contributed by atoms with Gasteiger partial charge in [-0.15, -0.1) is 0 Å². The van der Waals surface area contributed by atoms with Gasteiger partial charge >= 0.3 is 0 Å². The van der Waals surface area contributed by atoms with Crippen LogP contribution in [-0.2, 0) is 0 Å². The van der Waals surface area contributed by atoms with Gasteiger partial charge < -0.3 is 4.90 Å². The monoisotopic (exact) mass is 287 g/mol. The highest BCUT2D eigenvalue weighted by Gasteiger charge is 2.14. The number of rotatable bonds is 5. The highest BCUT2D eigenvalue weighted by molar-refractivity contribution is 9.09. The number of nitrogens with zero attached hydrogens (tertiary/aromatic N) is 1. The fraction of sp³-hybridized carbons (Fsp3) is 0.538. The summed E-state index contributed by atoms with van der Waals surface area (Å²) in [6.07, 6.45) is 0. The molecular weight excluding hydrogens is 269 g/mol. The lowest BCUT2D eigenvalue weighted by Crippen LogP contribution is -2.29. The Morgan fingerprint density at radius 2 is 2.06 bits per heavy atom. The van der Waals surface area contributed by atoms with Crippen LogP contribution in [-0.4, -0.2) is 18.9 Å². The molecule has 0 bridgehead atoms. The molecule has 0 aliphatic heterocycles. The Balaban J connectivity index is 2.67. The van der Waals surface area contributed by atoms with E-state index in [4.69, 9.17) is 0 Å². The van der Waals surface area contributed by atoms with Crippen molar-refractivity contribution < 1.29 is 4.39 Å².